The quantitative estimate of drug-likeness (QED) is 0.852. The molecular formula is C16H24ClN3O3S. The maximum absolute atomic E-state index is 12.8. The normalized spacial score (nSPS) is 17.2. The van der Waals surface area contributed by atoms with Gasteiger partial charge in [-0.25, -0.2) is 8.42 Å². The minimum Gasteiger partial charge on any atom is -0.352 e. The van der Waals surface area contributed by atoms with Crippen molar-refractivity contribution >= 4 is 27.5 Å². The molecule has 134 valence electrons. The van der Waals surface area contributed by atoms with Gasteiger partial charge in [-0.15, -0.1) is 0 Å². The van der Waals surface area contributed by atoms with Crippen molar-refractivity contribution < 1.29 is 13.2 Å². The van der Waals surface area contributed by atoms with Crippen LogP contribution in [0.15, 0.2) is 23.1 Å². The van der Waals surface area contributed by atoms with E-state index >= 15 is 0 Å². The van der Waals surface area contributed by atoms with Gasteiger partial charge in [0.2, 0.25) is 10.0 Å². The summed E-state index contributed by atoms with van der Waals surface area (Å²) < 4.78 is 27.0. The average molecular weight is 374 g/mol. The molecule has 24 heavy (non-hydrogen) atoms. The molecule has 0 saturated carbocycles. The average Bonchev–Trinajstić information content (AvgIpc) is 2.53. The second kappa shape index (κ2) is 7.82. The summed E-state index contributed by atoms with van der Waals surface area (Å²) in [5, 5.41) is 3.01. The van der Waals surface area contributed by atoms with E-state index in [2.05, 4.69) is 10.2 Å². The smallest absolute Gasteiger partial charge is 0.252 e. The Morgan fingerprint density at radius 1 is 1.25 bits per heavy atom. The van der Waals surface area contributed by atoms with Crippen LogP contribution in [0.3, 0.4) is 0 Å². The Labute approximate surface area is 148 Å². The molecule has 8 heteroatoms. The van der Waals surface area contributed by atoms with Crippen molar-refractivity contribution in [2.24, 2.45) is 5.92 Å². The SMILES string of the molecule is CC(C)CNC(=O)c1cc(S(=O)(=O)N2CCN(C)CC2)ccc1Cl. The second-order valence-electron chi connectivity index (χ2n) is 6.45. The molecule has 2 rings (SSSR count). The maximum Gasteiger partial charge on any atom is 0.252 e. The number of amides is 1. The number of halogens is 1. The third-order valence-corrected chi connectivity index (χ3v) is 6.18. The number of carbonyl (C=O) groups excluding carboxylic acids is 1. The van der Waals surface area contributed by atoms with Crippen LogP contribution in [-0.2, 0) is 10.0 Å². The zero-order valence-corrected chi connectivity index (χ0v) is 15.8. The van der Waals surface area contributed by atoms with Crippen LogP contribution in [0.25, 0.3) is 0 Å². The first kappa shape index (κ1) is 19.2. The van der Waals surface area contributed by atoms with Gasteiger partial charge in [-0.2, -0.15) is 4.31 Å². The minimum absolute atomic E-state index is 0.103. The zero-order valence-electron chi connectivity index (χ0n) is 14.3. The number of rotatable bonds is 5. The molecule has 1 heterocycles. The van der Waals surface area contributed by atoms with Gasteiger partial charge in [-0.05, 0) is 31.2 Å². The molecule has 0 aliphatic carbocycles. The number of sulfonamides is 1. The molecule has 1 aliphatic rings. The summed E-state index contributed by atoms with van der Waals surface area (Å²) in [6.45, 7) is 6.73. The molecule has 1 saturated heterocycles. The largest absolute Gasteiger partial charge is 0.352 e. The van der Waals surface area contributed by atoms with E-state index in [9.17, 15) is 13.2 Å². The highest BCUT2D eigenvalue weighted by atomic mass is 35.5. The predicted molar refractivity (Wildman–Crippen MR) is 94.9 cm³/mol. The molecule has 1 aromatic rings. The van der Waals surface area contributed by atoms with E-state index in [1.54, 1.807) is 0 Å². The van der Waals surface area contributed by atoms with Crippen molar-refractivity contribution in [1.29, 1.82) is 0 Å². The second-order valence-corrected chi connectivity index (χ2v) is 8.80. The zero-order chi connectivity index (χ0) is 17.9. The molecule has 0 unspecified atom stereocenters. The molecule has 1 fully saturated rings. The highest BCUT2D eigenvalue weighted by molar-refractivity contribution is 7.89. The fraction of sp³-hybridized carbons (Fsp3) is 0.562. The summed E-state index contributed by atoms with van der Waals surface area (Å²) in [4.78, 5) is 14.4. The van der Waals surface area contributed by atoms with Crippen molar-refractivity contribution in [3.8, 4) is 0 Å². The van der Waals surface area contributed by atoms with E-state index in [0.29, 0.717) is 38.6 Å². The van der Waals surface area contributed by atoms with Gasteiger partial charge >= 0.3 is 0 Å². The highest BCUT2D eigenvalue weighted by Gasteiger charge is 2.28. The summed E-state index contributed by atoms with van der Waals surface area (Å²) in [7, 11) is -1.66. The minimum atomic E-state index is -3.62. The number of hydrogen-bond donors (Lipinski definition) is 1. The fourth-order valence-corrected chi connectivity index (χ4v) is 4.06. The Hall–Kier alpha value is -1.15. The summed E-state index contributed by atoms with van der Waals surface area (Å²) >= 11 is 6.09. The van der Waals surface area contributed by atoms with E-state index in [-0.39, 0.29) is 21.4 Å². The highest BCUT2D eigenvalue weighted by Crippen LogP contribution is 2.23. The van der Waals surface area contributed by atoms with Crippen LogP contribution in [0.5, 0.6) is 0 Å². The topological polar surface area (TPSA) is 69.7 Å². The van der Waals surface area contributed by atoms with Crippen molar-refractivity contribution in [3.05, 3.63) is 28.8 Å². The lowest BCUT2D eigenvalue weighted by Crippen LogP contribution is -2.47. The molecule has 1 aromatic carbocycles. The predicted octanol–water partition coefficient (Wildman–Crippen LogP) is 1.66. The van der Waals surface area contributed by atoms with E-state index in [1.165, 1.54) is 22.5 Å². The monoisotopic (exact) mass is 373 g/mol. The number of likely N-dealkylation sites (N-methyl/N-ethyl adjacent to an activating group) is 1. The third kappa shape index (κ3) is 4.47. The standard InChI is InChI=1S/C16H24ClN3O3S/c1-12(2)11-18-16(21)14-10-13(4-5-15(14)17)24(22,23)20-8-6-19(3)7-9-20/h4-5,10,12H,6-9,11H2,1-3H3,(H,18,21). The van der Waals surface area contributed by atoms with Crippen LogP contribution in [0.2, 0.25) is 5.02 Å². The van der Waals surface area contributed by atoms with Crippen molar-refractivity contribution in [2.75, 3.05) is 39.8 Å². The van der Waals surface area contributed by atoms with E-state index < -0.39 is 10.0 Å². The molecule has 1 aliphatic heterocycles. The number of benzene rings is 1. The van der Waals surface area contributed by atoms with Gasteiger partial charge in [0.25, 0.3) is 5.91 Å². The molecule has 0 atom stereocenters. The summed E-state index contributed by atoms with van der Waals surface area (Å²) in [5.74, 6) is -0.0610. The number of nitrogens with one attached hydrogen (secondary N) is 1. The van der Waals surface area contributed by atoms with Gasteiger partial charge in [0, 0.05) is 32.7 Å². The first-order valence-electron chi connectivity index (χ1n) is 7.98. The Bertz CT molecular complexity index is 699. The van der Waals surface area contributed by atoms with Gasteiger partial charge in [0.05, 0.1) is 15.5 Å². The van der Waals surface area contributed by atoms with Gasteiger partial charge in [0.1, 0.15) is 0 Å². The van der Waals surface area contributed by atoms with Gasteiger partial charge < -0.3 is 10.2 Å². The number of piperazine rings is 1. The lowest BCUT2D eigenvalue weighted by atomic mass is 10.2. The lowest BCUT2D eigenvalue weighted by molar-refractivity contribution is 0.0949. The number of nitrogens with zero attached hydrogens (tertiary/aromatic N) is 2. The number of carbonyl (C=O) groups is 1. The van der Waals surface area contributed by atoms with E-state index in [4.69, 9.17) is 11.6 Å². The van der Waals surface area contributed by atoms with Gasteiger partial charge in [-0.1, -0.05) is 25.4 Å². The molecule has 0 radical (unpaired) electrons. The van der Waals surface area contributed by atoms with Gasteiger partial charge in [0.15, 0.2) is 0 Å². The van der Waals surface area contributed by atoms with E-state index in [0.717, 1.165) is 0 Å². The molecule has 1 N–H and O–H groups in total. The molecule has 1 amide bonds. The van der Waals surface area contributed by atoms with Crippen LogP contribution < -0.4 is 5.32 Å². The molecular weight excluding hydrogens is 350 g/mol. The first-order chi connectivity index (χ1) is 11.2. The van der Waals surface area contributed by atoms with Crippen molar-refractivity contribution in [1.82, 2.24) is 14.5 Å². The van der Waals surface area contributed by atoms with Crippen LogP contribution in [0, 0.1) is 5.92 Å². The van der Waals surface area contributed by atoms with Crippen LogP contribution >= 0.6 is 11.6 Å². The summed E-state index contributed by atoms with van der Waals surface area (Å²) in [6.07, 6.45) is 0. The molecule has 6 nitrogen and oxygen atoms in total. The fourth-order valence-electron chi connectivity index (χ4n) is 2.41. The van der Waals surface area contributed by atoms with Crippen molar-refractivity contribution in [3.63, 3.8) is 0 Å². The third-order valence-electron chi connectivity index (χ3n) is 3.95. The lowest BCUT2D eigenvalue weighted by Gasteiger charge is -2.31. The molecule has 0 spiro atoms. The van der Waals surface area contributed by atoms with Crippen LogP contribution in [-0.4, -0.2) is 63.3 Å². The molecule has 0 aromatic heterocycles. The first-order valence-corrected chi connectivity index (χ1v) is 9.80. The van der Waals surface area contributed by atoms with Gasteiger partial charge in [-0.3, -0.25) is 4.79 Å². The Morgan fingerprint density at radius 2 is 1.88 bits per heavy atom. The van der Waals surface area contributed by atoms with Crippen molar-refractivity contribution in [2.45, 2.75) is 18.7 Å². The number of hydrogen-bond acceptors (Lipinski definition) is 4. The van der Waals surface area contributed by atoms with Crippen LogP contribution in [0.1, 0.15) is 24.2 Å². The van der Waals surface area contributed by atoms with E-state index in [1.807, 2.05) is 20.9 Å². The maximum atomic E-state index is 12.8. The Morgan fingerprint density at radius 3 is 2.46 bits per heavy atom. The van der Waals surface area contributed by atoms with Crippen LogP contribution in [0.4, 0.5) is 0 Å². The Balaban J connectivity index is 2.25. The Kier molecular flexibility index (Phi) is 6.25. The summed E-state index contributed by atoms with van der Waals surface area (Å²) in [6, 6.07) is 4.29. The molecule has 0 bridgehead atoms. The summed E-state index contributed by atoms with van der Waals surface area (Å²) in [5.41, 5.74) is 0.188.